The SMILES string of the molecule is O=C(O)CC1CCCC1NC(=O)[C@H]1C[C@H]1CNC(=O)OCC1c2ccccc2-c2ccccc21. The molecule has 0 bridgehead atoms. The van der Waals surface area contributed by atoms with Crippen LogP contribution in [0.5, 0.6) is 0 Å². The summed E-state index contributed by atoms with van der Waals surface area (Å²) in [5.74, 6) is -0.843. The molecule has 2 amide bonds. The average Bonchev–Trinajstić information content (AvgIpc) is 3.39. The lowest BCUT2D eigenvalue weighted by Crippen LogP contribution is -2.39. The van der Waals surface area contributed by atoms with E-state index in [1.807, 2.05) is 24.3 Å². The molecule has 2 saturated carbocycles. The number of benzene rings is 2. The summed E-state index contributed by atoms with van der Waals surface area (Å²) in [6.45, 7) is 0.666. The molecule has 0 spiro atoms. The molecule has 3 aliphatic carbocycles. The first-order valence-corrected chi connectivity index (χ1v) is 12.1. The number of fused-ring (bicyclic) bond motifs is 3. The molecule has 2 fully saturated rings. The topological polar surface area (TPSA) is 105 Å². The molecule has 2 aromatic carbocycles. The van der Waals surface area contributed by atoms with Gasteiger partial charge in [-0.25, -0.2) is 4.79 Å². The van der Waals surface area contributed by atoms with Crippen LogP contribution < -0.4 is 10.6 Å². The van der Waals surface area contributed by atoms with Gasteiger partial charge in [0.05, 0.1) is 6.42 Å². The molecule has 4 atom stereocenters. The summed E-state index contributed by atoms with van der Waals surface area (Å²) < 4.78 is 5.57. The molecule has 0 heterocycles. The molecule has 5 rings (SSSR count). The molecule has 2 aromatic rings. The molecule has 7 heteroatoms. The quantitative estimate of drug-likeness (QED) is 0.552. The zero-order valence-corrected chi connectivity index (χ0v) is 19.0. The van der Waals surface area contributed by atoms with E-state index in [1.165, 1.54) is 22.3 Å². The summed E-state index contributed by atoms with van der Waals surface area (Å²) >= 11 is 0. The lowest BCUT2D eigenvalue weighted by molar-refractivity contribution is -0.138. The fourth-order valence-electron chi connectivity index (χ4n) is 5.64. The van der Waals surface area contributed by atoms with Gasteiger partial charge in [-0.2, -0.15) is 0 Å². The molecule has 0 aliphatic heterocycles. The highest BCUT2D eigenvalue weighted by molar-refractivity contribution is 5.82. The number of aliphatic carboxylic acids is 1. The summed E-state index contributed by atoms with van der Waals surface area (Å²) in [7, 11) is 0. The van der Waals surface area contributed by atoms with Gasteiger partial charge >= 0.3 is 12.1 Å². The van der Waals surface area contributed by atoms with Gasteiger partial charge in [0, 0.05) is 24.4 Å². The Morgan fingerprint density at radius 2 is 1.62 bits per heavy atom. The fraction of sp³-hybridized carbons (Fsp3) is 0.444. The lowest BCUT2D eigenvalue weighted by Gasteiger charge is -2.19. The lowest BCUT2D eigenvalue weighted by atomic mass is 9.98. The van der Waals surface area contributed by atoms with Crippen molar-refractivity contribution in [3.63, 3.8) is 0 Å². The predicted octanol–water partition coefficient (Wildman–Crippen LogP) is 3.92. The van der Waals surface area contributed by atoms with E-state index in [-0.39, 0.29) is 48.6 Å². The molecule has 0 radical (unpaired) electrons. The van der Waals surface area contributed by atoms with Crippen LogP contribution in [0.1, 0.15) is 49.1 Å². The molecule has 0 saturated heterocycles. The van der Waals surface area contributed by atoms with Gasteiger partial charge in [-0.15, -0.1) is 0 Å². The third kappa shape index (κ3) is 4.65. The number of carbonyl (C=O) groups excluding carboxylic acids is 2. The minimum absolute atomic E-state index is 0.0117. The van der Waals surface area contributed by atoms with Crippen molar-refractivity contribution in [1.29, 1.82) is 0 Å². The Hall–Kier alpha value is -3.35. The van der Waals surface area contributed by atoms with Crippen LogP contribution >= 0.6 is 0 Å². The van der Waals surface area contributed by atoms with E-state index >= 15 is 0 Å². The molecular weight excluding hydrogens is 432 g/mol. The molecule has 0 aromatic heterocycles. The zero-order chi connectivity index (χ0) is 23.7. The zero-order valence-electron chi connectivity index (χ0n) is 19.0. The molecule has 3 N–H and O–H groups in total. The van der Waals surface area contributed by atoms with Crippen LogP contribution in [-0.2, 0) is 14.3 Å². The van der Waals surface area contributed by atoms with E-state index in [9.17, 15) is 14.4 Å². The molecule has 34 heavy (non-hydrogen) atoms. The van der Waals surface area contributed by atoms with Gasteiger partial charge in [-0.3, -0.25) is 9.59 Å². The van der Waals surface area contributed by atoms with Gasteiger partial charge in [0.15, 0.2) is 0 Å². The summed E-state index contributed by atoms with van der Waals surface area (Å²) in [4.78, 5) is 36.0. The van der Waals surface area contributed by atoms with E-state index in [2.05, 4.69) is 34.9 Å². The maximum absolute atomic E-state index is 12.6. The van der Waals surface area contributed by atoms with Crippen molar-refractivity contribution in [2.24, 2.45) is 17.8 Å². The Morgan fingerprint density at radius 1 is 0.941 bits per heavy atom. The summed E-state index contributed by atoms with van der Waals surface area (Å²) in [5, 5.41) is 14.9. The number of nitrogens with one attached hydrogen (secondary N) is 2. The second-order valence-electron chi connectivity index (χ2n) is 9.71. The Morgan fingerprint density at radius 3 is 2.29 bits per heavy atom. The number of alkyl carbamates (subject to hydrolysis) is 1. The van der Waals surface area contributed by atoms with Crippen LogP contribution in [0.3, 0.4) is 0 Å². The van der Waals surface area contributed by atoms with Gasteiger partial charge in [-0.1, -0.05) is 55.0 Å². The smallest absolute Gasteiger partial charge is 0.407 e. The van der Waals surface area contributed by atoms with Crippen molar-refractivity contribution in [3.05, 3.63) is 59.7 Å². The molecule has 7 nitrogen and oxygen atoms in total. The van der Waals surface area contributed by atoms with Crippen molar-refractivity contribution < 1.29 is 24.2 Å². The fourth-order valence-corrected chi connectivity index (χ4v) is 5.64. The maximum atomic E-state index is 12.6. The first-order chi connectivity index (χ1) is 16.5. The van der Waals surface area contributed by atoms with Crippen molar-refractivity contribution in [2.75, 3.05) is 13.2 Å². The number of hydrogen-bond donors (Lipinski definition) is 3. The number of ether oxygens (including phenoxy) is 1. The Kier molecular flexibility index (Phi) is 6.26. The Balaban J connectivity index is 1.08. The summed E-state index contributed by atoms with van der Waals surface area (Å²) in [6.07, 6.45) is 2.98. The van der Waals surface area contributed by atoms with Crippen molar-refractivity contribution in [3.8, 4) is 11.1 Å². The number of carboxylic acids is 1. The van der Waals surface area contributed by atoms with E-state index in [4.69, 9.17) is 9.84 Å². The highest BCUT2D eigenvalue weighted by Crippen LogP contribution is 2.44. The minimum atomic E-state index is -0.817. The number of amides is 2. The highest BCUT2D eigenvalue weighted by Gasteiger charge is 2.44. The number of hydrogen-bond acceptors (Lipinski definition) is 4. The van der Waals surface area contributed by atoms with E-state index in [0.29, 0.717) is 6.54 Å². The van der Waals surface area contributed by atoms with E-state index in [0.717, 1.165) is 25.7 Å². The normalized spacial score (nSPS) is 24.7. The van der Waals surface area contributed by atoms with Crippen LogP contribution in [0.4, 0.5) is 4.79 Å². The third-order valence-electron chi connectivity index (χ3n) is 7.54. The Bertz CT molecular complexity index is 1050. The standard InChI is InChI=1S/C27H30N2O5/c30-25(31)13-16-6-5-11-24(16)29-26(32)22-12-17(22)14-28-27(33)34-15-23-20-9-3-1-7-18(20)19-8-2-4-10-21(19)23/h1-4,7-10,16-17,22-24H,5-6,11-15H2,(H,28,33)(H,29,32)(H,30,31)/t16?,17-,22-,24?/m0/s1. The summed E-state index contributed by atoms with van der Waals surface area (Å²) in [6, 6.07) is 16.4. The molecule has 3 aliphatic rings. The van der Waals surface area contributed by atoms with E-state index < -0.39 is 12.1 Å². The molecular formula is C27H30N2O5. The van der Waals surface area contributed by atoms with Gasteiger partial charge in [0.2, 0.25) is 5.91 Å². The largest absolute Gasteiger partial charge is 0.481 e. The van der Waals surface area contributed by atoms with Gasteiger partial charge in [-0.05, 0) is 53.4 Å². The molecule has 2 unspecified atom stereocenters. The second-order valence-corrected chi connectivity index (χ2v) is 9.71. The first kappa shape index (κ1) is 22.4. The number of carbonyl (C=O) groups is 3. The predicted molar refractivity (Wildman–Crippen MR) is 126 cm³/mol. The Labute approximate surface area is 198 Å². The van der Waals surface area contributed by atoms with Gasteiger partial charge < -0.3 is 20.5 Å². The van der Waals surface area contributed by atoms with Crippen LogP contribution in [0, 0.1) is 17.8 Å². The van der Waals surface area contributed by atoms with Crippen LogP contribution in [0.25, 0.3) is 11.1 Å². The van der Waals surface area contributed by atoms with Crippen LogP contribution in [-0.4, -0.2) is 42.3 Å². The van der Waals surface area contributed by atoms with Gasteiger partial charge in [0.1, 0.15) is 6.61 Å². The van der Waals surface area contributed by atoms with Gasteiger partial charge in [0.25, 0.3) is 0 Å². The minimum Gasteiger partial charge on any atom is -0.481 e. The number of carboxylic acid groups (broad SMARTS) is 1. The van der Waals surface area contributed by atoms with Crippen molar-refractivity contribution in [2.45, 2.75) is 44.1 Å². The van der Waals surface area contributed by atoms with Crippen molar-refractivity contribution >= 4 is 18.0 Å². The van der Waals surface area contributed by atoms with Crippen molar-refractivity contribution in [1.82, 2.24) is 10.6 Å². The maximum Gasteiger partial charge on any atom is 0.407 e. The average molecular weight is 463 g/mol. The molecule has 178 valence electrons. The third-order valence-corrected chi connectivity index (χ3v) is 7.54. The van der Waals surface area contributed by atoms with Crippen LogP contribution in [0.15, 0.2) is 48.5 Å². The highest BCUT2D eigenvalue weighted by atomic mass is 16.5. The van der Waals surface area contributed by atoms with E-state index in [1.54, 1.807) is 0 Å². The second kappa shape index (κ2) is 9.49. The summed E-state index contributed by atoms with van der Waals surface area (Å²) in [5.41, 5.74) is 4.71. The van der Waals surface area contributed by atoms with Crippen LogP contribution in [0.2, 0.25) is 0 Å². The number of rotatable bonds is 8. The first-order valence-electron chi connectivity index (χ1n) is 12.1. The monoisotopic (exact) mass is 462 g/mol.